The van der Waals surface area contributed by atoms with E-state index >= 15 is 0 Å². The number of hydrogen-bond acceptors (Lipinski definition) is 2. The van der Waals surface area contributed by atoms with Gasteiger partial charge in [-0.25, -0.2) is 9.98 Å². The van der Waals surface area contributed by atoms with Crippen LogP contribution in [0.5, 0.6) is 0 Å². The predicted octanol–water partition coefficient (Wildman–Crippen LogP) is 3.82. The van der Waals surface area contributed by atoms with Crippen molar-refractivity contribution in [1.82, 2.24) is 4.98 Å². The number of hydrogen-bond donors (Lipinski definition) is 0. The molecule has 1 saturated carbocycles. The first-order valence-electron chi connectivity index (χ1n) is 5.84. The van der Waals surface area contributed by atoms with E-state index in [4.69, 9.17) is 0 Å². The SMILES string of the molecule is Cc1cccnc1N=C1CCCCCC1. The molecule has 2 nitrogen and oxygen atoms in total. The van der Waals surface area contributed by atoms with Crippen LogP contribution in [0.15, 0.2) is 23.3 Å². The Labute approximate surface area is 91.5 Å². The lowest BCUT2D eigenvalue weighted by atomic mass is 10.2. The fourth-order valence-corrected chi connectivity index (χ4v) is 1.99. The molecule has 1 fully saturated rings. The lowest BCUT2D eigenvalue weighted by molar-refractivity contribution is 0.702. The summed E-state index contributed by atoms with van der Waals surface area (Å²) < 4.78 is 0. The summed E-state index contributed by atoms with van der Waals surface area (Å²) in [4.78, 5) is 9.00. The van der Waals surface area contributed by atoms with E-state index in [2.05, 4.69) is 23.0 Å². The zero-order chi connectivity index (χ0) is 10.5. The third-order valence-corrected chi connectivity index (χ3v) is 2.93. The molecule has 1 aliphatic rings. The second-order valence-corrected chi connectivity index (χ2v) is 4.24. The Hall–Kier alpha value is -1.18. The van der Waals surface area contributed by atoms with Crippen LogP contribution in [-0.4, -0.2) is 10.7 Å². The summed E-state index contributed by atoms with van der Waals surface area (Å²) >= 11 is 0. The summed E-state index contributed by atoms with van der Waals surface area (Å²) in [6, 6.07) is 4.04. The number of rotatable bonds is 1. The molecular weight excluding hydrogens is 184 g/mol. The van der Waals surface area contributed by atoms with Gasteiger partial charge in [-0.3, -0.25) is 0 Å². The quantitative estimate of drug-likeness (QED) is 0.635. The first kappa shape index (κ1) is 10.3. The maximum absolute atomic E-state index is 4.68. The molecule has 1 aliphatic carbocycles. The average Bonchev–Trinajstić information content (AvgIpc) is 2.50. The van der Waals surface area contributed by atoms with Gasteiger partial charge in [0.25, 0.3) is 0 Å². The molecule has 15 heavy (non-hydrogen) atoms. The number of aliphatic imine (C=N–C) groups is 1. The van der Waals surface area contributed by atoms with E-state index in [-0.39, 0.29) is 0 Å². The van der Waals surface area contributed by atoms with Crippen molar-refractivity contribution in [3.63, 3.8) is 0 Å². The van der Waals surface area contributed by atoms with Crippen molar-refractivity contribution in [3.05, 3.63) is 23.9 Å². The van der Waals surface area contributed by atoms with Crippen LogP contribution in [0.1, 0.15) is 44.1 Å². The van der Waals surface area contributed by atoms with Crippen molar-refractivity contribution >= 4 is 11.5 Å². The highest BCUT2D eigenvalue weighted by Gasteiger charge is 2.06. The summed E-state index contributed by atoms with van der Waals surface area (Å²) in [5.41, 5.74) is 2.52. The van der Waals surface area contributed by atoms with Crippen molar-refractivity contribution in [2.24, 2.45) is 4.99 Å². The smallest absolute Gasteiger partial charge is 0.154 e. The third kappa shape index (κ3) is 2.88. The summed E-state index contributed by atoms with van der Waals surface area (Å²) in [6.45, 7) is 2.07. The normalized spacial score (nSPS) is 17.3. The molecule has 0 bridgehead atoms. The minimum atomic E-state index is 0.911. The molecule has 0 atom stereocenters. The molecule has 0 amide bonds. The van der Waals surface area contributed by atoms with Crippen molar-refractivity contribution in [2.75, 3.05) is 0 Å². The first-order valence-corrected chi connectivity index (χ1v) is 5.84. The number of pyridine rings is 1. The lowest BCUT2D eigenvalue weighted by Crippen LogP contribution is -1.95. The number of nitrogens with zero attached hydrogens (tertiary/aromatic N) is 2. The van der Waals surface area contributed by atoms with Crippen molar-refractivity contribution < 1.29 is 0 Å². The van der Waals surface area contributed by atoms with Gasteiger partial charge in [0.2, 0.25) is 0 Å². The monoisotopic (exact) mass is 202 g/mol. The van der Waals surface area contributed by atoms with E-state index in [0.717, 1.165) is 18.7 Å². The van der Waals surface area contributed by atoms with E-state index in [9.17, 15) is 0 Å². The van der Waals surface area contributed by atoms with E-state index in [1.54, 1.807) is 0 Å². The van der Waals surface area contributed by atoms with Crippen LogP contribution in [0.4, 0.5) is 5.82 Å². The standard InChI is InChI=1S/C13H18N2/c1-11-7-6-10-14-13(11)15-12-8-4-2-3-5-9-12/h6-7,10H,2-5,8-9H2,1H3. The molecule has 0 saturated heterocycles. The molecule has 0 unspecified atom stereocenters. The molecule has 0 radical (unpaired) electrons. The Morgan fingerprint density at radius 3 is 2.53 bits per heavy atom. The molecule has 0 spiro atoms. The fourth-order valence-electron chi connectivity index (χ4n) is 1.99. The zero-order valence-electron chi connectivity index (χ0n) is 9.37. The molecule has 1 aromatic heterocycles. The van der Waals surface area contributed by atoms with E-state index in [1.165, 1.54) is 37.0 Å². The van der Waals surface area contributed by atoms with Gasteiger partial charge in [-0.15, -0.1) is 0 Å². The molecule has 0 aliphatic heterocycles. The van der Waals surface area contributed by atoms with Crippen molar-refractivity contribution in [3.8, 4) is 0 Å². The molecule has 2 heteroatoms. The molecule has 0 N–H and O–H groups in total. The van der Waals surface area contributed by atoms with Crippen molar-refractivity contribution in [2.45, 2.75) is 45.4 Å². The molecule has 1 heterocycles. The van der Waals surface area contributed by atoms with Gasteiger partial charge in [-0.2, -0.15) is 0 Å². The van der Waals surface area contributed by atoms with Gasteiger partial charge in [0.05, 0.1) is 0 Å². The predicted molar refractivity (Wildman–Crippen MR) is 63.8 cm³/mol. The number of aromatic nitrogens is 1. The van der Waals surface area contributed by atoms with Gasteiger partial charge in [-0.1, -0.05) is 18.9 Å². The maximum Gasteiger partial charge on any atom is 0.154 e. The Bertz CT molecular complexity index is 345. The van der Waals surface area contributed by atoms with Gasteiger partial charge >= 0.3 is 0 Å². The average molecular weight is 202 g/mol. The Morgan fingerprint density at radius 1 is 1.13 bits per heavy atom. The summed E-state index contributed by atoms with van der Waals surface area (Å²) in [6.07, 6.45) is 9.46. The minimum absolute atomic E-state index is 0.911. The van der Waals surface area contributed by atoms with Crippen molar-refractivity contribution in [1.29, 1.82) is 0 Å². The van der Waals surface area contributed by atoms with Gasteiger partial charge in [-0.05, 0) is 44.2 Å². The van der Waals surface area contributed by atoms with Gasteiger partial charge < -0.3 is 0 Å². The molecule has 1 aromatic rings. The fraction of sp³-hybridized carbons (Fsp3) is 0.538. The van der Waals surface area contributed by atoms with Crippen LogP contribution in [-0.2, 0) is 0 Å². The van der Waals surface area contributed by atoms with Crippen LogP contribution in [0.2, 0.25) is 0 Å². The highest BCUT2D eigenvalue weighted by Crippen LogP contribution is 2.20. The second kappa shape index (κ2) is 5.06. The molecule has 0 aromatic carbocycles. The van der Waals surface area contributed by atoms with Crippen LogP contribution < -0.4 is 0 Å². The van der Waals surface area contributed by atoms with Crippen LogP contribution in [0.3, 0.4) is 0 Å². The Balaban J connectivity index is 2.17. The van der Waals surface area contributed by atoms with Gasteiger partial charge in [0.1, 0.15) is 0 Å². The Kier molecular flexibility index (Phi) is 3.49. The largest absolute Gasteiger partial charge is 0.238 e. The second-order valence-electron chi connectivity index (χ2n) is 4.24. The van der Waals surface area contributed by atoms with E-state index < -0.39 is 0 Å². The van der Waals surface area contributed by atoms with Gasteiger partial charge in [0.15, 0.2) is 5.82 Å². The first-order chi connectivity index (χ1) is 7.36. The third-order valence-electron chi connectivity index (χ3n) is 2.93. The summed E-state index contributed by atoms with van der Waals surface area (Å²) in [5, 5.41) is 0. The van der Waals surface area contributed by atoms with Crippen LogP contribution in [0.25, 0.3) is 0 Å². The summed E-state index contributed by atoms with van der Waals surface area (Å²) in [5.74, 6) is 0.911. The van der Waals surface area contributed by atoms with Gasteiger partial charge in [0, 0.05) is 11.9 Å². The maximum atomic E-state index is 4.68. The molecule has 2 rings (SSSR count). The zero-order valence-corrected chi connectivity index (χ0v) is 9.37. The van der Waals surface area contributed by atoms with Crippen LogP contribution >= 0.6 is 0 Å². The molecule has 80 valence electrons. The highest BCUT2D eigenvalue weighted by molar-refractivity contribution is 5.86. The van der Waals surface area contributed by atoms with E-state index in [0.29, 0.717) is 0 Å². The molecular formula is C13H18N2. The number of aryl methyl sites for hydroxylation is 1. The van der Waals surface area contributed by atoms with E-state index in [1.807, 2.05) is 12.3 Å². The Morgan fingerprint density at radius 2 is 1.87 bits per heavy atom. The topological polar surface area (TPSA) is 25.2 Å². The minimum Gasteiger partial charge on any atom is -0.238 e. The summed E-state index contributed by atoms with van der Waals surface area (Å²) in [7, 11) is 0. The lowest BCUT2D eigenvalue weighted by Gasteiger charge is -2.03. The highest BCUT2D eigenvalue weighted by atomic mass is 14.9. The van der Waals surface area contributed by atoms with Crippen LogP contribution in [0, 0.1) is 6.92 Å².